The summed E-state index contributed by atoms with van der Waals surface area (Å²) < 4.78 is 0. The number of imide groups is 2. The Hall–Kier alpha value is -6.61. The van der Waals surface area contributed by atoms with E-state index < -0.39 is 35.6 Å². The molecule has 4 N–H and O–H groups in total. The van der Waals surface area contributed by atoms with Gasteiger partial charge in [-0.2, -0.15) is 5.26 Å². The van der Waals surface area contributed by atoms with Gasteiger partial charge in [0.25, 0.3) is 17.7 Å². The minimum absolute atomic E-state index is 0.00631. The molecule has 1 saturated carbocycles. The van der Waals surface area contributed by atoms with Gasteiger partial charge in [-0.3, -0.25) is 34.2 Å². The number of hydrogen-bond acceptors (Lipinski definition) is 13. The first-order valence-electron chi connectivity index (χ1n) is 23.7. The van der Waals surface area contributed by atoms with Gasteiger partial charge in [0.1, 0.15) is 11.9 Å². The molecule has 6 fully saturated rings. The molecule has 3 aromatic rings. The Balaban J connectivity index is 0.740. The number of hydrogen-bond donors (Lipinski definition) is 3. The lowest BCUT2D eigenvalue weighted by Gasteiger charge is -2.38. The van der Waals surface area contributed by atoms with Gasteiger partial charge in [0.05, 0.1) is 35.0 Å². The average Bonchev–Trinajstić information content (AvgIpc) is 4.15. The zero-order valence-electron chi connectivity index (χ0n) is 37.1. The molecule has 0 radical (unpaired) electrons. The van der Waals surface area contributed by atoms with E-state index >= 15 is 0 Å². The summed E-state index contributed by atoms with van der Waals surface area (Å²) in [6, 6.07) is 13.0. The number of nitrogens with zero attached hydrogens (tertiary/aromatic N) is 9. The van der Waals surface area contributed by atoms with Gasteiger partial charge >= 0.3 is 6.03 Å². The quantitative estimate of drug-likeness (QED) is 0.233. The van der Waals surface area contributed by atoms with Gasteiger partial charge in [-0.05, 0) is 112 Å². The third kappa shape index (κ3) is 8.29. The number of nitrogens with one attached hydrogen (secondary N) is 2. The van der Waals surface area contributed by atoms with Crippen LogP contribution in [-0.4, -0.2) is 142 Å². The van der Waals surface area contributed by atoms with Gasteiger partial charge < -0.3 is 35.6 Å². The second-order valence-electron chi connectivity index (χ2n) is 19.0. The molecule has 2 aromatic carbocycles. The van der Waals surface area contributed by atoms with E-state index in [1.165, 1.54) is 12.8 Å². The summed E-state index contributed by atoms with van der Waals surface area (Å²) in [5.41, 5.74) is 9.37. The monoisotopic (exact) mass is 896 g/mol. The molecule has 6 aliphatic heterocycles. The van der Waals surface area contributed by atoms with E-state index in [-0.39, 0.29) is 53.5 Å². The van der Waals surface area contributed by atoms with Crippen molar-refractivity contribution in [3.63, 3.8) is 0 Å². The molecule has 344 valence electrons. The molecule has 3 unspecified atom stereocenters. The first-order valence-corrected chi connectivity index (χ1v) is 23.7. The van der Waals surface area contributed by atoms with Crippen LogP contribution in [0.1, 0.15) is 119 Å². The third-order valence-electron chi connectivity index (χ3n) is 15.0. The van der Waals surface area contributed by atoms with Crippen LogP contribution in [0, 0.1) is 17.2 Å². The number of aromatic nitrogens is 2. The molecule has 10 rings (SSSR count). The molecule has 7 amide bonds. The summed E-state index contributed by atoms with van der Waals surface area (Å²) >= 11 is 0. The van der Waals surface area contributed by atoms with Crippen molar-refractivity contribution in [2.75, 3.05) is 74.0 Å². The zero-order chi connectivity index (χ0) is 45.6. The van der Waals surface area contributed by atoms with Crippen LogP contribution in [0.25, 0.3) is 0 Å². The summed E-state index contributed by atoms with van der Waals surface area (Å²) in [7, 11) is 0. The molecule has 1 aliphatic carbocycles. The fourth-order valence-electron chi connectivity index (χ4n) is 11.6. The predicted molar refractivity (Wildman–Crippen MR) is 243 cm³/mol. The molecule has 7 aliphatic rings. The van der Waals surface area contributed by atoms with Crippen LogP contribution in [0.2, 0.25) is 0 Å². The number of piperidine rings is 3. The Morgan fingerprint density at radius 2 is 1.56 bits per heavy atom. The minimum Gasteiger partial charge on any atom is -0.371 e. The maximum absolute atomic E-state index is 13.5. The highest BCUT2D eigenvalue weighted by Gasteiger charge is 2.45. The van der Waals surface area contributed by atoms with E-state index in [4.69, 9.17) is 10.7 Å². The lowest BCUT2D eigenvalue weighted by atomic mass is 9.86. The van der Waals surface area contributed by atoms with Crippen LogP contribution < -0.4 is 26.2 Å². The molecule has 5 saturated heterocycles. The topological polar surface area (TPSA) is 222 Å². The van der Waals surface area contributed by atoms with E-state index in [0.29, 0.717) is 35.6 Å². The van der Waals surface area contributed by atoms with Crippen molar-refractivity contribution in [2.45, 2.75) is 94.7 Å². The van der Waals surface area contributed by atoms with Gasteiger partial charge in [-0.15, -0.1) is 0 Å². The SMILES string of the molecule is N#Cc1cc(Nc2nc(N3CCCC(N4CCN(C5CCCC5)C4=O)C3)cnc2C(N)=O)ccc1C1CCN(CC2CCN(c3ccc4c(c3)C(=O)N(C3CCC(=O)NC3=O)C4=O)C2)CC1. The number of rotatable bonds is 11. The highest BCUT2D eigenvalue weighted by Crippen LogP contribution is 2.36. The van der Waals surface area contributed by atoms with Crippen molar-refractivity contribution in [2.24, 2.45) is 11.7 Å². The average molecular weight is 897 g/mol. The molecule has 66 heavy (non-hydrogen) atoms. The van der Waals surface area contributed by atoms with Crippen molar-refractivity contribution in [3.8, 4) is 6.07 Å². The van der Waals surface area contributed by atoms with Crippen LogP contribution in [0.5, 0.6) is 0 Å². The Morgan fingerprint density at radius 1 is 0.803 bits per heavy atom. The van der Waals surface area contributed by atoms with Crippen LogP contribution in [0.15, 0.2) is 42.6 Å². The highest BCUT2D eigenvalue weighted by molar-refractivity contribution is 6.23. The molecule has 18 nitrogen and oxygen atoms in total. The number of fused-ring (bicyclic) bond motifs is 1. The Kier molecular flexibility index (Phi) is 11.8. The standard InChI is InChI=1S/C48H56N12O6/c49-24-31-22-32(52-44-42(43(50)62)51-25-40(53-44)57-16-3-6-35(28-57)59-21-20-58(48(59)66)33-4-1-2-5-33)7-9-36(31)30-14-17-55(18-15-30)26-29-13-19-56(27-29)34-8-10-37-38(23-34)47(65)60(46(37)64)39-11-12-41(61)54-45(39)63/h7-10,22-23,25,29-30,33,35,39H,1-6,11-21,26-28H2,(H2,50,62)(H,52,53)(H,54,61,63). The summed E-state index contributed by atoms with van der Waals surface area (Å²) in [5.74, 6) is -1.31. The number of carbonyl (C=O) groups is 6. The molecular formula is C48H56N12O6. The fraction of sp³-hybridized carbons (Fsp3) is 0.521. The van der Waals surface area contributed by atoms with E-state index in [0.717, 1.165) is 113 Å². The summed E-state index contributed by atoms with van der Waals surface area (Å²) in [6.07, 6.45) is 10.9. The van der Waals surface area contributed by atoms with Crippen molar-refractivity contribution < 1.29 is 28.8 Å². The van der Waals surface area contributed by atoms with Gasteiger partial charge in [0.15, 0.2) is 11.5 Å². The first kappa shape index (κ1) is 43.3. The van der Waals surface area contributed by atoms with Gasteiger partial charge in [0, 0.05) is 69.7 Å². The number of amides is 7. The van der Waals surface area contributed by atoms with E-state index in [1.807, 2.05) is 23.1 Å². The van der Waals surface area contributed by atoms with Crippen molar-refractivity contribution >= 4 is 58.6 Å². The highest BCUT2D eigenvalue weighted by atomic mass is 16.2. The number of nitrogens with two attached hydrogens (primary N) is 1. The number of benzene rings is 2. The van der Waals surface area contributed by atoms with Gasteiger partial charge in [0.2, 0.25) is 11.8 Å². The first-order chi connectivity index (χ1) is 32.0. The summed E-state index contributed by atoms with van der Waals surface area (Å²) in [4.78, 5) is 98.1. The van der Waals surface area contributed by atoms with Crippen LogP contribution in [-0.2, 0) is 9.59 Å². The van der Waals surface area contributed by atoms with E-state index in [1.54, 1.807) is 24.4 Å². The lowest BCUT2D eigenvalue weighted by Crippen LogP contribution is -2.54. The van der Waals surface area contributed by atoms with Crippen molar-refractivity contribution in [1.82, 2.24) is 34.9 Å². The molecule has 0 spiro atoms. The summed E-state index contributed by atoms with van der Waals surface area (Å²) in [6.45, 7) is 7.23. The van der Waals surface area contributed by atoms with Crippen molar-refractivity contribution in [1.29, 1.82) is 5.26 Å². The van der Waals surface area contributed by atoms with Crippen molar-refractivity contribution in [3.05, 3.63) is 70.5 Å². The van der Waals surface area contributed by atoms with Crippen LogP contribution in [0.3, 0.4) is 0 Å². The molecular weight excluding hydrogens is 841 g/mol. The van der Waals surface area contributed by atoms with Crippen LogP contribution in [0.4, 0.5) is 27.8 Å². The number of nitriles is 1. The molecule has 0 bridgehead atoms. The number of primary amides is 1. The predicted octanol–water partition coefficient (Wildman–Crippen LogP) is 3.95. The third-order valence-corrected chi connectivity index (χ3v) is 15.0. The van der Waals surface area contributed by atoms with Crippen LogP contribution >= 0.6 is 0 Å². The molecule has 18 heteroatoms. The normalized spacial score (nSPS) is 24.4. The zero-order valence-corrected chi connectivity index (χ0v) is 37.1. The van der Waals surface area contributed by atoms with Gasteiger partial charge in [-0.1, -0.05) is 18.9 Å². The largest absolute Gasteiger partial charge is 0.371 e. The van der Waals surface area contributed by atoms with E-state index in [9.17, 15) is 34.0 Å². The second kappa shape index (κ2) is 18.0. The smallest absolute Gasteiger partial charge is 0.320 e. The fourth-order valence-corrected chi connectivity index (χ4v) is 11.6. The Labute approximate surface area is 383 Å². The number of urea groups is 1. The maximum Gasteiger partial charge on any atom is 0.320 e. The van der Waals surface area contributed by atoms with Gasteiger partial charge in [-0.25, -0.2) is 14.8 Å². The number of anilines is 4. The van der Waals surface area contributed by atoms with E-state index in [2.05, 4.69) is 41.3 Å². The number of carbonyl (C=O) groups excluding carboxylic acids is 6. The Morgan fingerprint density at radius 3 is 2.32 bits per heavy atom. The Bertz CT molecular complexity index is 2510. The number of likely N-dealkylation sites (tertiary alicyclic amines) is 1. The maximum atomic E-state index is 13.5. The molecule has 7 heterocycles. The summed E-state index contributed by atoms with van der Waals surface area (Å²) in [5, 5.41) is 15.8. The minimum atomic E-state index is -0.994. The molecule has 1 aromatic heterocycles. The lowest BCUT2D eigenvalue weighted by molar-refractivity contribution is -0.136. The second-order valence-corrected chi connectivity index (χ2v) is 19.0. The molecule has 3 atom stereocenters.